The third-order valence-corrected chi connectivity index (χ3v) is 4.34. The van der Waals surface area contributed by atoms with Gasteiger partial charge in [-0.05, 0) is 30.6 Å². The molecule has 3 rings (SSSR count). The highest BCUT2D eigenvalue weighted by Crippen LogP contribution is 2.49. The van der Waals surface area contributed by atoms with Crippen molar-refractivity contribution in [1.82, 2.24) is 0 Å². The van der Waals surface area contributed by atoms with Crippen LogP contribution >= 0.6 is 0 Å². The number of hydrogen-bond donors (Lipinski definition) is 0. The van der Waals surface area contributed by atoms with Crippen molar-refractivity contribution in [1.29, 1.82) is 0 Å². The molecule has 0 aromatic carbocycles. The molecule has 3 saturated carbocycles. The Morgan fingerprint density at radius 2 is 1.71 bits per heavy atom. The van der Waals surface area contributed by atoms with Crippen LogP contribution in [0.4, 0.5) is 0 Å². The quantitative estimate of drug-likeness (QED) is 0.552. The maximum absolute atomic E-state index is 6.09. The van der Waals surface area contributed by atoms with Crippen molar-refractivity contribution in [3.05, 3.63) is 0 Å². The van der Waals surface area contributed by atoms with Gasteiger partial charge in [0.25, 0.3) is 0 Å². The molecule has 0 aromatic rings. The van der Waals surface area contributed by atoms with E-state index in [0.29, 0.717) is 5.92 Å². The van der Waals surface area contributed by atoms with E-state index >= 15 is 0 Å². The monoisotopic (exact) mass is 186 g/mol. The van der Waals surface area contributed by atoms with Gasteiger partial charge in [-0.1, -0.05) is 44.2 Å². The molecule has 3 aliphatic rings. The van der Waals surface area contributed by atoms with Gasteiger partial charge in [0.15, 0.2) is 0 Å². The summed E-state index contributed by atoms with van der Waals surface area (Å²) in [6, 6.07) is 0. The van der Waals surface area contributed by atoms with E-state index in [-0.39, 0.29) is 0 Å². The standard InChI is InChI=1S/C12H20B2/c1-12(13,14)11-8-9-4-2-3-5-10(11)7-6-9/h9-11H,2-8H2,1H3. The molecule has 0 spiro atoms. The van der Waals surface area contributed by atoms with Crippen molar-refractivity contribution in [2.75, 3.05) is 0 Å². The van der Waals surface area contributed by atoms with Crippen molar-refractivity contribution in [3.63, 3.8) is 0 Å². The molecule has 3 fully saturated rings. The summed E-state index contributed by atoms with van der Waals surface area (Å²) in [4.78, 5) is 0. The van der Waals surface area contributed by atoms with Gasteiger partial charge in [0.1, 0.15) is 0 Å². The van der Waals surface area contributed by atoms with Crippen LogP contribution < -0.4 is 0 Å². The van der Waals surface area contributed by atoms with Gasteiger partial charge < -0.3 is 0 Å². The predicted molar refractivity (Wildman–Crippen MR) is 62.7 cm³/mol. The largest absolute Gasteiger partial charge is 0.0987 e. The maximum Gasteiger partial charge on any atom is 0.0620 e. The number of fused-ring (bicyclic) bond motifs is 5. The highest BCUT2D eigenvalue weighted by atomic mass is 14.4. The molecule has 3 unspecified atom stereocenters. The van der Waals surface area contributed by atoms with E-state index in [9.17, 15) is 0 Å². The second-order valence-corrected chi connectivity index (χ2v) is 5.70. The lowest BCUT2D eigenvalue weighted by Crippen LogP contribution is -2.35. The summed E-state index contributed by atoms with van der Waals surface area (Å²) in [7, 11) is 12.2. The normalized spacial score (nSPS) is 39.1. The van der Waals surface area contributed by atoms with Gasteiger partial charge in [-0.2, -0.15) is 0 Å². The molecule has 0 amide bonds. The van der Waals surface area contributed by atoms with Crippen molar-refractivity contribution in [2.24, 2.45) is 17.8 Å². The second kappa shape index (κ2) is 3.94. The van der Waals surface area contributed by atoms with Crippen LogP contribution in [-0.2, 0) is 0 Å². The molecule has 74 valence electrons. The van der Waals surface area contributed by atoms with E-state index in [4.69, 9.17) is 15.7 Å². The fraction of sp³-hybridized carbons (Fsp3) is 1.00. The number of rotatable bonds is 1. The third kappa shape index (κ3) is 2.20. The zero-order valence-corrected chi connectivity index (χ0v) is 9.34. The van der Waals surface area contributed by atoms with Crippen LogP contribution in [-0.4, -0.2) is 15.7 Å². The summed E-state index contributed by atoms with van der Waals surface area (Å²) in [5.41, 5.74) is 0. The van der Waals surface area contributed by atoms with Crippen LogP contribution in [0.5, 0.6) is 0 Å². The molecule has 14 heavy (non-hydrogen) atoms. The molecule has 4 radical (unpaired) electrons. The zero-order valence-electron chi connectivity index (χ0n) is 9.34. The fourth-order valence-corrected chi connectivity index (χ4v) is 3.53. The lowest BCUT2D eigenvalue weighted by Gasteiger charge is -2.46. The van der Waals surface area contributed by atoms with E-state index in [1.54, 1.807) is 0 Å². The fourth-order valence-electron chi connectivity index (χ4n) is 3.53. The summed E-state index contributed by atoms with van der Waals surface area (Å²) in [5.74, 6) is 2.30. The summed E-state index contributed by atoms with van der Waals surface area (Å²) < 4.78 is 0. The lowest BCUT2D eigenvalue weighted by molar-refractivity contribution is 0.126. The van der Waals surface area contributed by atoms with Gasteiger partial charge in [0, 0.05) is 0 Å². The van der Waals surface area contributed by atoms with Crippen LogP contribution in [0, 0.1) is 17.8 Å². The van der Waals surface area contributed by atoms with Gasteiger partial charge >= 0.3 is 0 Å². The molecule has 0 N–H and O–H groups in total. The first-order chi connectivity index (χ1) is 6.57. The first-order valence-electron chi connectivity index (χ1n) is 6.15. The maximum atomic E-state index is 6.09. The highest BCUT2D eigenvalue weighted by Gasteiger charge is 2.37. The van der Waals surface area contributed by atoms with Gasteiger partial charge in [0.2, 0.25) is 0 Å². The minimum absolute atomic E-state index is 0.444. The molecule has 2 bridgehead atoms. The van der Waals surface area contributed by atoms with E-state index in [1.165, 1.54) is 44.9 Å². The Bertz CT molecular complexity index is 191. The van der Waals surface area contributed by atoms with Gasteiger partial charge in [-0.15, -0.1) is 0 Å². The van der Waals surface area contributed by atoms with Crippen LogP contribution in [0.1, 0.15) is 51.9 Å². The summed E-state index contributed by atoms with van der Waals surface area (Å²) in [6.07, 6.45) is 9.69. The Kier molecular flexibility index (Phi) is 3.00. The summed E-state index contributed by atoms with van der Waals surface area (Å²) in [6.45, 7) is 2.01. The smallest absolute Gasteiger partial charge is 0.0620 e. The Balaban J connectivity index is 2.10. The van der Waals surface area contributed by atoms with Crippen LogP contribution in [0.25, 0.3) is 0 Å². The molecule has 0 heterocycles. The highest BCUT2D eigenvalue weighted by molar-refractivity contribution is 6.39. The molecule has 0 nitrogen and oxygen atoms in total. The Morgan fingerprint density at radius 3 is 2.43 bits per heavy atom. The van der Waals surface area contributed by atoms with E-state index in [0.717, 1.165) is 11.8 Å². The molecule has 0 saturated heterocycles. The zero-order chi connectivity index (χ0) is 10.2. The predicted octanol–water partition coefficient (Wildman–Crippen LogP) is 3.07. The molecule has 2 heteroatoms. The van der Waals surface area contributed by atoms with Crippen molar-refractivity contribution in [3.8, 4) is 0 Å². The molecule has 3 atom stereocenters. The van der Waals surface area contributed by atoms with Crippen LogP contribution in [0.2, 0.25) is 5.21 Å². The SMILES string of the molecule is [B]C([B])(C)C1CC2CCCCC1CC2. The molecular formula is C12H20B2. The topological polar surface area (TPSA) is 0 Å². The van der Waals surface area contributed by atoms with E-state index < -0.39 is 5.21 Å². The average Bonchev–Trinajstić information content (AvgIpc) is 2.02. The summed E-state index contributed by atoms with van der Waals surface area (Å²) >= 11 is 0. The van der Waals surface area contributed by atoms with Crippen molar-refractivity contribution >= 4 is 15.7 Å². The van der Waals surface area contributed by atoms with Gasteiger partial charge in [-0.3, -0.25) is 0 Å². The molecule has 0 aliphatic heterocycles. The average molecular weight is 186 g/mol. The molecule has 3 aliphatic carbocycles. The van der Waals surface area contributed by atoms with Crippen molar-refractivity contribution in [2.45, 2.75) is 57.1 Å². The van der Waals surface area contributed by atoms with E-state index in [1.807, 2.05) is 6.92 Å². The Morgan fingerprint density at radius 1 is 1.00 bits per heavy atom. The van der Waals surface area contributed by atoms with Gasteiger partial charge in [-0.25, -0.2) is 0 Å². The first kappa shape index (κ1) is 10.6. The third-order valence-electron chi connectivity index (χ3n) is 4.34. The number of hydrogen-bond acceptors (Lipinski definition) is 0. The summed E-state index contributed by atoms with van der Waals surface area (Å²) in [5, 5.41) is -0.444. The molecular weight excluding hydrogens is 166 g/mol. The minimum Gasteiger partial charge on any atom is -0.0987 e. The first-order valence-corrected chi connectivity index (χ1v) is 6.15. The van der Waals surface area contributed by atoms with Gasteiger partial charge in [0.05, 0.1) is 15.7 Å². The van der Waals surface area contributed by atoms with E-state index in [2.05, 4.69) is 0 Å². The van der Waals surface area contributed by atoms with Crippen molar-refractivity contribution < 1.29 is 0 Å². The van der Waals surface area contributed by atoms with Crippen LogP contribution in [0.15, 0.2) is 0 Å². The van der Waals surface area contributed by atoms with Crippen LogP contribution in [0.3, 0.4) is 0 Å². The lowest BCUT2D eigenvalue weighted by atomic mass is 9.44. The Labute approximate surface area is 91.0 Å². The Hall–Kier alpha value is 0.130. The molecule has 0 aromatic heterocycles. The minimum atomic E-state index is -0.444. The second-order valence-electron chi connectivity index (χ2n) is 5.70.